The summed E-state index contributed by atoms with van der Waals surface area (Å²) in [6, 6.07) is 15.8. The molecule has 1 saturated carbocycles. The van der Waals surface area contributed by atoms with Crippen LogP contribution in [-0.2, 0) is 19.1 Å². The third-order valence-corrected chi connectivity index (χ3v) is 8.51. The molecule has 2 N–H and O–H groups in total. The zero-order chi connectivity index (χ0) is 29.9. The molecule has 2 fully saturated rings. The number of hydrogen-bond acceptors (Lipinski definition) is 6. The van der Waals surface area contributed by atoms with Crippen LogP contribution >= 0.6 is 0 Å². The molecule has 2 aliphatic heterocycles. The molecule has 9 nitrogen and oxygen atoms in total. The Morgan fingerprint density at radius 1 is 1.14 bits per heavy atom. The number of fused-ring (bicyclic) bond motifs is 1. The Bertz CT molecular complexity index is 1280. The van der Waals surface area contributed by atoms with Crippen LogP contribution < -0.4 is 25.2 Å². The number of piperidine rings is 1. The van der Waals surface area contributed by atoms with Crippen LogP contribution in [0.2, 0.25) is 0 Å². The first kappa shape index (κ1) is 30.0. The van der Waals surface area contributed by atoms with E-state index in [1.165, 1.54) is 0 Å². The number of nitrogens with one attached hydrogen (secondary N) is 2. The maximum absolute atomic E-state index is 14.1. The number of amides is 3. The van der Waals surface area contributed by atoms with Gasteiger partial charge in [-0.05, 0) is 69.7 Å². The lowest BCUT2D eigenvalue weighted by Gasteiger charge is -2.40. The molecular weight excluding hydrogens is 532 g/mol. The van der Waals surface area contributed by atoms with Crippen molar-refractivity contribution < 1.29 is 23.9 Å². The zero-order valence-corrected chi connectivity index (χ0v) is 25.2. The number of hydrogen-bond donors (Lipinski definition) is 2. The van der Waals surface area contributed by atoms with E-state index in [1.807, 2.05) is 53.4 Å². The Morgan fingerprint density at radius 2 is 1.88 bits per heavy atom. The Balaban J connectivity index is 1.33. The molecule has 42 heavy (non-hydrogen) atoms. The molecular formula is C33H44N4O5. The number of rotatable bonds is 11. The van der Waals surface area contributed by atoms with E-state index in [2.05, 4.69) is 17.6 Å². The van der Waals surface area contributed by atoms with Gasteiger partial charge in [0.15, 0.2) is 5.60 Å². The minimum atomic E-state index is -0.978. The SMILES string of the molecule is CC[C@H](NC(=O)[C@@H]1CNC[C@H](C(=O)N(c2ccc3c(c2)N(CCCOC)C(=O)C(C)(C)O3)C2CC2)C1)c1ccccc1. The van der Waals surface area contributed by atoms with E-state index in [0.29, 0.717) is 50.5 Å². The van der Waals surface area contributed by atoms with Gasteiger partial charge < -0.3 is 29.9 Å². The fourth-order valence-corrected chi connectivity index (χ4v) is 6.07. The monoisotopic (exact) mass is 576 g/mol. The topological polar surface area (TPSA) is 100 Å². The summed E-state index contributed by atoms with van der Waals surface area (Å²) in [6.45, 7) is 7.74. The van der Waals surface area contributed by atoms with Crippen molar-refractivity contribution in [2.45, 2.75) is 70.6 Å². The van der Waals surface area contributed by atoms with Crippen molar-refractivity contribution in [3.63, 3.8) is 0 Å². The highest BCUT2D eigenvalue weighted by atomic mass is 16.5. The second-order valence-electron chi connectivity index (χ2n) is 12.2. The Hall–Kier alpha value is -3.43. The molecule has 2 heterocycles. The molecule has 0 aromatic heterocycles. The van der Waals surface area contributed by atoms with Gasteiger partial charge >= 0.3 is 0 Å². The molecule has 5 rings (SSSR count). The Kier molecular flexibility index (Phi) is 9.18. The predicted octanol–water partition coefficient (Wildman–Crippen LogP) is 4.22. The maximum Gasteiger partial charge on any atom is 0.270 e. The summed E-state index contributed by atoms with van der Waals surface area (Å²) in [5.74, 6) is -0.0980. The summed E-state index contributed by atoms with van der Waals surface area (Å²) >= 11 is 0. The number of ether oxygens (including phenoxy) is 2. The summed E-state index contributed by atoms with van der Waals surface area (Å²) < 4.78 is 11.3. The van der Waals surface area contributed by atoms with E-state index >= 15 is 0 Å². The maximum atomic E-state index is 14.1. The molecule has 3 aliphatic rings. The molecule has 9 heteroatoms. The van der Waals surface area contributed by atoms with Crippen molar-refractivity contribution in [3.8, 4) is 5.75 Å². The number of carbonyl (C=O) groups is 3. The molecule has 0 spiro atoms. The lowest BCUT2D eigenvalue weighted by atomic mass is 9.88. The molecule has 0 bridgehead atoms. The lowest BCUT2D eigenvalue weighted by Crippen LogP contribution is -2.53. The van der Waals surface area contributed by atoms with Crippen LogP contribution in [0.15, 0.2) is 48.5 Å². The number of nitrogens with zero attached hydrogens (tertiary/aromatic N) is 2. The highest BCUT2D eigenvalue weighted by Crippen LogP contribution is 2.43. The van der Waals surface area contributed by atoms with Crippen molar-refractivity contribution in [2.75, 3.05) is 43.2 Å². The number of benzene rings is 2. The first-order chi connectivity index (χ1) is 20.2. The zero-order valence-electron chi connectivity index (χ0n) is 25.2. The normalized spacial score (nSPS) is 22.1. The molecule has 2 aromatic rings. The average Bonchev–Trinajstić information content (AvgIpc) is 3.83. The van der Waals surface area contributed by atoms with Gasteiger partial charge in [0.05, 0.1) is 23.6 Å². The van der Waals surface area contributed by atoms with Gasteiger partial charge in [-0.2, -0.15) is 0 Å². The van der Waals surface area contributed by atoms with E-state index < -0.39 is 5.60 Å². The molecule has 2 aromatic carbocycles. The van der Waals surface area contributed by atoms with Crippen molar-refractivity contribution >= 4 is 29.1 Å². The third-order valence-electron chi connectivity index (χ3n) is 8.51. The number of carbonyl (C=O) groups excluding carboxylic acids is 3. The predicted molar refractivity (Wildman–Crippen MR) is 163 cm³/mol. The first-order valence-corrected chi connectivity index (χ1v) is 15.3. The van der Waals surface area contributed by atoms with Gasteiger partial charge in [-0.1, -0.05) is 37.3 Å². The summed E-state index contributed by atoms with van der Waals surface area (Å²) in [6.07, 6.45) is 3.84. The summed E-state index contributed by atoms with van der Waals surface area (Å²) in [7, 11) is 1.65. The molecule has 1 aliphatic carbocycles. The van der Waals surface area contributed by atoms with Crippen LogP contribution in [0.25, 0.3) is 0 Å². The van der Waals surface area contributed by atoms with Gasteiger partial charge in [-0.15, -0.1) is 0 Å². The van der Waals surface area contributed by atoms with Crippen molar-refractivity contribution in [3.05, 3.63) is 54.1 Å². The summed E-state index contributed by atoms with van der Waals surface area (Å²) in [5.41, 5.74) is 1.54. The second kappa shape index (κ2) is 12.8. The lowest BCUT2D eigenvalue weighted by molar-refractivity contribution is -0.132. The van der Waals surface area contributed by atoms with Crippen molar-refractivity contribution in [1.29, 1.82) is 0 Å². The molecule has 3 atom stereocenters. The van der Waals surface area contributed by atoms with E-state index in [-0.39, 0.29) is 41.6 Å². The molecule has 1 saturated heterocycles. The van der Waals surface area contributed by atoms with Gasteiger partial charge in [-0.25, -0.2) is 0 Å². The van der Waals surface area contributed by atoms with Gasteiger partial charge in [-0.3, -0.25) is 14.4 Å². The average molecular weight is 577 g/mol. The Labute approximate surface area is 248 Å². The fourth-order valence-electron chi connectivity index (χ4n) is 6.07. The van der Waals surface area contributed by atoms with Gasteiger partial charge in [0.25, 0.3) is 5.91 Å². The van der Waals surface area contributed by atoms with E-state index in [4.69, 9.17) is 9.47 Å². The standard InChI is InChI=1S/C33H44N4O5/c1-5-27(22-10-7-6-8-11-22)35-30(38)23-18-24(21-34-20-23)31(39)37(25-12-13-25)26-14-15-29-28(19-26)36(16-9-17-41-4)32(40)33(2,3)42-29/h6-8,10-11,14-15,19,23-25,27,34H,5,9,12-13,16-18,20-21H2,1-4H3,(H,35,38)/t23-,24+,27-/m0/s1. The van der Waals surface area contributed by atoms with E-state index in [1.54, 1.807) is 25.9 Å². The third kappa shape index (κ3) is 6.47. The highest BCUT2D eigenvalue weighted by molar-refractivity contribution is 6.04. The van der Waals surface area contributed by atoms with Crippen molar-refractivity contribution in [1.82, 2.24) is 10.6 Å². The number of methoxy groups -OCH3 is 1. The van der Waals surface area contributed by atoms with Crippen LogP contribution in [-0.4, -0.2) is 62.7 Å². The fraction of sp³-hybridized carbons (Fsp3) is 0.545. The van der Waals surface area contributed by atoms with Gasteiger partial charge in [0, 0.05) is 45.1 Å². The van der Waals surface area contributed by atoms with E-state index in [0.717, 1.165) is 30.5 Å². The van der Waals surface area contributed by atoms with E-state index in [9.17, 15) is 14.4 Å². The molecule has 3 amide bonds. The molecule has 0 radical (unpaired) electrons. The van der Waals surface area contributed by atoms with Crippen molar-refractivity contribution in [2.24, 2.45) is 11.8 Å². The quantitative estimate of drug-likeness (QED) is 0.389. The van der Waals surface area contributed by atoms with Gasteiger partial charge in [0.1, 0.15) is 5.75 Å². The highest BCUT2D eigenvalue weighted by Gasteiger charge is 2.43. The smallest absolute Gasteiger partial charge is 0.270 e. The minimum absolute atomic E-state index is 0.0202. The number of anilines is 2. The van der Waals surface area contributed by atoms with Gasteiger partial charge in [0.2, 0.25) is 11.8 Å². The van der Waals surface area contributed by atoms with Crippen LogP contribution in [0.3, 0.4) is 0 Å². The Morgan fingerprint density at radius 3 is 2.57 bits per heavy atom. The summed E-state index contributed by atoms with van der Waals surface area (Å²) in [5, 5.41) is 6.57. The first-order valence-electron chi connectivity index (χ1n) is 15.3. The largest absolute Gasteiger partial charge is 0.476 e. The van der Waals surface area contributed by atoms with Crippen LogP contribution in [0.1, 0.15) is 64.5 Å². The van der Waals surface area contributed by atoms with Crippen LogP contribution in [0.4, 0.5) is 11.4 Å². The van der Waals surface area contributed by atoms with Crippen LogP contribution in [0, 0.1) is 11.8 Å². The molecule has 0 unspecified atom stereocenters. The molecule has 226 valence electrons. The van der Waals surface area contributed by atoms with Crippen LogP contribution in [0.5, 0.6) is 5.75 Å². The second-order valence-corrected chi connectivity index (χ2v) is 12.2. The minimum Gasteiger partial charge on any atom is -0.476 e. The summed E-state index contributed by atoms with van der Waals surface area (Å²) in [4.78, 5) is 44.4.